The van der Waals surface area contributed by atoms with Crippen LogP contribution in [0, 0.1) is 13.8 Å². The molecule has 0 aliphatic heterocycles. The van der Waals surface area contributed by atoms with Gasteiger partial charge in [0, 0.05) is 47.1 Å². The lowest BCUT2D eigenvalue weighted by molar-refractivity contribution is 0.353. The Labute approximate surface area is 410 Å². The van der Waals surface area contributed by atoms with Crippen molar-refractivity contribution >= 4 is 86.5 Å². The fraction of sp³-hybridized carbons (Fsp3) is 0.111. The van der Waals surface area contributed by atoms with Crippen LogP contribution in [0.2, 0.25) is 0 Å². The molecule has 8 aromatic rings. The maximum atomic E-state index is 5.69. The first-order valence-corrected chi connectivity index (χ1v) is 23.3. The molecule has 0 bridgehead atoms. The summed E-state index contributed by atoms with van der Waals surface area (Å²) in [7, 11) is 6.55. The van der Waals surface area contributed by atoms with Crippen molar-refractivity contribution in [2.45, 2.75) is 13.8 Å². The Hall–Kier alpha value is -5.52. The van der Waals surface area contributed by atoms with Crippen LogP contribution in [0.15, 0.2) is 188 Å². The molecule has 0 spiro atoms. The molecule has 0 heterocycles. The largest absolute Gasteiger partial charge is 0.493 e. The average Bonchev–Trinajstić information content (AvgIpc) is 3.31. The Bertz CT molecular complexity index is 2610. The Kier molecular flexibility index (Phi) is 17.2. The highest BCUT2D eigenvalue weighted by Crippen LogP contribution is 2.42. The second-order valence-electron chi connectivity index (χ2n) is 14.5. The van der Waals surface area contributed by atoms with Gasteiger partial charge in [0.1, 0.15) is 0 Å². The zero-order chi connectivity index (χ0) is 45.8. The second kappa shape index (κ2) is 22.9. The number of nitrogens with two attached hydrogens (primary N) is 1. The fourth-order valence-electron chi connectivity index (χ4n) is 7.07. The van der Waals surface area contributed by atoms with Crippen molar-refractivity contribution in [1.82, 2.24) is 0 Å². The molecule has 8 aromatic carbocycles. The van der Waals surface area contributed by atoms with E-state index in [0.29, 0.717) is 17.2 Å². The number of aryl methyl sites for hydroxylation is 2. The van der Waals surface area contributed by atoms with Gasteiger partial charge in [0.15, 0.2) is 23.0 Å². The summed E-state index contributed by atoms with van der Waals surface area (Å²) >= 11 is 13.9. The third-order valence-electron chi connectivity index (χ3n) is 10.2. The molecule has 64 heavy (non-hydrogen) atoms. The van der Waals surface area contributed by atoms with Crippen molar-refractivity contribution < 1.29 is 18.9 Å². The van der Waals surface area contributed by atoms with Gasteiger partial charge in [-0.25, -0.2) is 0 Å². The number of hydrogen-bond donors (Lipinski definition) is 1. The van der Waals surface area contributed by atoms with Crippen molar-refractivity contribution in [3.8, 4) is 56.4 Å². The molecular weight excluding hydrogens is 1060 g/mol. The van der Waals surface area contributed by atoms with Crippen LogP contribution in [-0.4, -0.2) is 28.4 Å². The highest BCUT2D eigenvalue weighted by Gasteiger charge is 2.18. The van der Waals surface area contributed by atoms with Crippen molar-refractivity contribution in [3.63, 3.8) is 0 Å². The van der Waals surface area contributed by atoms with Crippen molar-refractivity contribution in [3.05, 3.63) is 199 Å². The number of hydrogen-bond acceptors (Lipinski definition) is 6. The van der Waals surface area contributed by atoms with Crippen molar-refractivity contribution in [2.75, 3.05) is 39.1 Å². The lowest BCUT2D eigenvalue weighted by Gasteiger charge is -2.27. The monoisotopic (exact) mass is 1100 g/mol. The quantitative estimate of drug-likeness (QED) is 0.138. The molecule has 0 unspecified atom stereocenters. The van der Waals surface area contributed by atoms with E-state index >= 15 is 0 Å². The van der Waals surface area contributed by atoms with Gasteiger partial charge in [-0.3, -0.25) is 0 Å². The number of nitrogen functional groups attached to an aromatic ring is 1. The van der Waals surface area contributed by atoms with Crippen molar-refractivity contribution in [1.29, 1.82) is 0 Å². The molecule has 0 aliphatic rings. The number of methoxy groups -OCH3 is 4. The number of nitrogens with zero attached hydrogens (tertiary/aromatic N) is 1. The van der Waals surface area contributed by atoms with Crippen LogP contribution >= 0.6 is 63.7 Å². The van der Waals surface area contributed by atoms with Crippen LogP contribution in [0.25, 0.3) is 33.4 Å². The number of benzene rings is 8. The van der Waals surface area contributed by atoms with Crippen LogP contribution in [-0.2, 0) is 0 Å². The van der Waals surface area contributed by atoms with E-state index in [9.17, 15) is 0 Å². The molecule has 0 radical (unpaired) electrons. The molecular formula is C54H48Br4N2O4. The van der Waals surface area contributed by atoms with E-state index in [1.807, 2.05) is 26.0 Å². The lowest BCUT2D eigenvalue weighted by Crippen LogP contribution is -2.11. The normalized spacial score (nSPS) is 10.4. The molecule has 0 aromatic heterocycles. The van der Waals surface area contributed by atoms with Crippen LogP contribution in [0.1, 0.15) is 11.1 Å². The first-order chi connectivity index (χ1) is 30.9. The molecule has 0 atom stereocenters. The second-order valence-corrected chi connectivity index (χ2v) is 18.2. The van der Waals surface area contributed by atoms with E-state index in [0.717, 1.165) is 68.7 Å². The van der Waals surface area contributed by atoms with Crippen LogP contribution in [0.4, 0.5) is 22.7 Å². The first kappa shape index (κ1) is 47.9. The van der Waals surface area contributed by atoms with Gasteiger partial charge in [-0.05, 0) is 143 Å². The Balaban J connectivity index is 0.000000212. The molecule has 326 valence electrons. The molecule has 6 nitrogen and oxygen atoms in total. The summed E-state index contributed by atoms with van der Waals surface area (Å²) in [6.45, 7) is 3.97. The third-order valence-corrected chi connectivity index (χ3v) is 12.3. The van der Waals surface area contributed by atoms with Gasteiger partial charge in [-0.2, -0.15) is 0 Å². The number of ether oxygens (including phenoxy) is 4. The molecule has 0 saturated heterocycles. The SMILES string of the molecule is Brc1ccc(-c2ccc(Br)cc2)cc1.COc1cc(N(c2ccc(-c3ccc(Br)cc3)cc2)c2ccc(-c3ccc(Br)cc3)cc2)cc(C)c1OC.COc1cc(N)cc(C)c1OC. The highest BCUT2D eigenvalue weighted by atomic mass is 79.9. The Morgan fingerprint density at radius 3 is 0.922 bits per heavy atom. The van der Waals surface area contributed by atoms with E-state index in [1.165, 1.54) is 22.3 Å². The molecule has 0 saturated carbocycles. The summed E-state index contributed by atoms with van der Waals surface area (Å²) in [6, 6.07) is 58.4. The van der Waals surface area contributed by atoms with Gasteiger partial charge in [-0.1, -0.05) is 137 Å². The number of halogens is 4. The average molecular weight is 1110 g/mol. The van der Waals surface area contributed by atoms with Gasteiger partial charge >= 0.3 is 0 Å². The summed E-state index contributed by atoms with van der Waals surface area (Å²) in [4.78, 5) is 2.24. The summed E-state index contributed by atoms with van der Waals surface area (Å²) < 4.78 is 25.9. The van der Waals surface area contributed by atoms with E-state index in [1.54, 1.807) is 34.5 Å². The Morgan fingerprint density at radius 2 is 0.625 bits per heavy atom. The molecule has 0 fully saturated rings. The van der Waals surface area contributed by atoms with Gasteiger partial charge in [0.25, 0.3) is 0 Å². The van der Waals surface area contributed by atoms with Crippen molar-refractivity contribution in [2.24, 2.45) is 0 Å². The topological polar surface area (TPSA) is 66.2 Å². The molecule has 2 N–H and O–H groups in total. The van der Waals surface area contributed by atoms with Gasteiger partial charge < -0.3 is 29.6 Å². The summed E-state index contributed by atoms with van der Waals surface area (Å²) in [5, 5.41) is 0. The minimum Gasteiger partial charge on any atom is -0.493 e. The standard InChI is InChI=1S/C33H27Br2NO2.C12H8Br2.C9H13NO2/c1-22-20-31(21-32(37-2)33(22)38-3)36(29-16-8-25(9-17-29)23-4-12-27(34)13-5-23)30-18-10-26(11-19-30)24-6-14-28(35)15-7-24;13-11-5-1-9(2-6-11)10-3-7-12(14)8-4-10;1-6-4-7(10)5-8(11-2)9(6)12-3/h4-21H,1-3H3;1-8H;4-5H,10H2,1-3H3. The molecule has 0 aliphatic carbocycles. The minimum absolute atomic E-state index is 0.676. The van der Waals surface area contributed by atoms with Crippen LogP contribution in [0.3, 0.4) is 0 Å². The first-order valence-electron chi connectivity index (χ1n) is 20.2. The minimum atomic E-state index is 0.676. The van der Waals surface area contributed by atoms with E-state index in [2.05, 4.69) is 220 Å². The smallest absolute Gasteiger partial charge is 0.163 e. The summed E-state index contributed by atoms with van der Waals surface area (Å²) in [5.41, 5.74) is 18.5. The predicted molar refractivity (Wildman–Crippen MR) is 281 cm³/mol. The van der Waals surface area contributed by atoms with E-state index in [4.69, 9.17) is 24.7 Å². The lowest BCUT2D eigenvalue weighted by atomic mass is 10.0. The van der Waals surface area contributed by atoms with E-state index < -0.39 is 0 Å². The summed E-state index contributed by atoms with van der Waals surface area (Å²) in [6.07, 6.45) is 0. The molecule has 8 rings (SSSR count). The maximum Gasteiger partial charge on any atom is 0.163 e. The zero-order valence-electron chi connectivity index (χ0n) is 36.3. The maximum absolute atomic E-state index is 5.69. The van der Waals surface area contributed by atoms with Crippen LogP contribution < -0.4 is 29.6 Å². The van der Waals surface area contributed by atoms with Gasteiger partial charge in [0.2, 0.25) is 0 Å². The third kappa shape index (κ3) is 12.4. The predicted octanol–water partition coefficient (Wildman–Crippen LogP) is 16.8. The van der Waals surface area contributed by atoms with Gasteiger partial charge in [-0.15, -0.1) is 0 Å². The van der Waals surface area contributed by atoms with Gasteiger partial charge in [0.05, 0.1) is 34.1 Å². The fourth-order valence-corrected chi connectivity index (χ4v) is 8.13. The highest BCUT2D eigenvalue weighted by molar-refractivity contribution is 9.11. The zero-order valence-corrected chi connectivity index (χ0v) is 42.7. The van der Waals surface area contributed by atoms with Crippen LogP contribution in [0.5, 0.6) is 23.0 Å². The summed E-state index contributed by atoms with van der Waals surface area (Å²) in [5.74, 6) is 2.86. The molecule has 0 amide bonds. The Morgan fingerprint density at radius 1 is 0.344 bits per heavy atom. The number of rotatable bonds is 10. The number of anilines is 4. The van der Waals surface area contributed by atoms with E-state index in [-0.39, 0.29) is 0 Å². The molecule has 10 heteroatoms.